The van der Waals surface area contributed by atoms with Gasteiger partial charge in [-0.3, -0.25) is 4.90 Å². The normalized spacial score (nSPS) is 21.2. The Morgan fingerprint density at radius 3 is 2.79 bits per heavy atom. The van der Waals surface area contributed by atoms with E-state index in [-0.39, 0.29) is 17.7 Å². The molecular weight excluding hydrogens is 573 g/mol. The SMILES string of the molecule is COc1cc(C(=O)O)cc2c1nc(CN1CCc3ccc4c(c3C1C)O[C@@H](c1ccc(Cl)cc1F)C=C4)n2C[C@@H]1CCO1. The highest BCUT2D eigenvalue weighted by molar-refractivity contribution is 6.30. The lowest BCUT2D eigenvalue weighted by atomic mass is 9.89. The first-order valence-electron chi connectivity index (χ1n) is 14.4. The quantitative estimate of drug-likeness (QED) is 0.255. The summed E-state index contributed by atoms with van der Waals surface area (Å²) < 4.78 is 34.8. The Balaban J connectivity index is 1.24. The Labute approximate surface area is 253 Å². The van der Waals surface area contributed by atoms with Crippen LogP contribution in [0, 0.1) is 5.82 Å². The lowest BCUT2D eigenvalue weighted by Gasteiger charge is -2.38. The molecule has 3 atom stereocenters. The molecule has 1 saturated heterocycles. The van der Waals surface area contributed by atoms with Gasteiger partial charge in [0.15, 0.2) is 0 Å². The average molecular weight is 604 g/mol. The zero-order valence-corrected chi connectivity index (χ0v) is 24.6. The molecule has 222 valence electrons. The number of rotatable bonds is 7. The van der Waals surface area contributed by atoms with Gasteiger partial charge < -0.3 is 23.9 Å². The van der Waals surface area contributed by atoms with E-state index in [1.807, 2.05) is 12.2 Å². The maximum Gasteiger partial charge on any atom is 0.335 e. The van der Waals surface area contributed by atoms with Crippen molar-refractivity contribution in [3.63, 3.8) is 0 Å². The summed E-state index contributed by atoms with van der Waals surface area (Å²) in [5, 5.41) is 10.1. The molecule has 4 heterocycles. The standard InChI is InChI=1S/C33H31ClFN3O5/c1-18-30-19(3-4-20-5-8-27(43-32(20)30)24-7-6-22(34)15-25(24)35)9-11-37(18)17-29-36-31-26(38(29)16-23-10-12-42-23)13-21(33(39)40)14-28(31)41-2/h3-8,13-15,18,23,27H,9-12,16-17H2,1-2H3,(H,39,40)/t18?,23-,27+/m0/s1. The van der Waals surface area contributed by atoms with Crippen molar-refractivity contribution in [3.8, 4) is 11.5 Å². The van der Waals surface area contributed by atoms with E-state index < -0.39 is 17.9 Å². The fourth-order valence-electron chi connectivity index (χ4n) is 6.37. The number of halogens is 2. The van der Waals surface area contributed by atoms with Crippen LogP contribution in [0.25, 0.3) is 17.1 Å². The summed E-state index contributed by atoms with van der Waals surface area (Å²) in [6, 6.07) is 12.0. The van der Waals surface area contributed by atoms with Gasteiger partial charge in [-0.05, 0) is 55.7 Å². The highest BCUT2D eigenvalue weighted by Crippen LogP contribution is 2.44. The summed E-state index contributed by atoms with van der Waals surface area (Å²) in [6.07, 6.45) is 5.10. The molecule has 10 heteroatoms. The number of benzene rings is 3. The average Bonchev–Trinajstić information content (AvgIpc) is 3.31. The Morgan fingerprint density at radius 2 is 2.07 bits per heavy atom. The van der Waals surface area contributed by atoms with Crippen LogP contribution in [0.1, 0.15) is 63.9 Å². The van der Waals surface area contributed by atoms with Crippen molar-refractivity contribution in [1.29, 1.82) is 0 Å². The molecule has 1 unspecified atom stereocenters. The van der Waals surface area contributed by atoms with Crippen LogP contribution in [0.5, 0.6) is 11.5 Å². The van der Waals surface area contributed by atoms with Crippen molar-refractivity contribution in [3.05, 3.63) is 93.0 Å². The number of hydrogen-bond donors (Lipinski definition) is 1. The maximum atomic E-state index is 14.8. The van der Waals surface area contributed by atoms with Gasteiger partial charge in [0.1, 0.15) is 34.8 Å². The largest absolute Gasteiger partial charge is 0.494 e. The minimum absolute atomic E-state index is 0.0226. The number of methoxy groups -OCH3 is 1. The molecule has 0 bridgehead atoms. The number of carbonyl (C=O) groups is 1. The summed E-state index contributed by atoms with van der Waals surface area (Å²) in [7, 11) is 1.53. The van der Waals surface area contributed by atoms with Crippen LogP contribution in [0.15, 0.2) is 48.5 Å². The number of imidazole rings is 1. The number of nitrogens with zero attached hydrogens (tertiary/aromatic N) is 3. The fraction of sp³-hybridized carbons (Fsp3) is 0.333. The fourth-order valence-corrected chi connectivity index (χ4v) is 6.52. The smallest absolute Gasteiger partial charge is 0.335 e. The Hall–Kier alpha value is -3.92. The van der Waals surface area contributed by atoms with Gasteiger partial charge in [0.2, 0.25) is 0 Å². The molecule has 3 aliphatic heterocycles. The van der Waals surface area contributed by atoms with Gasteiger partial charge in [-0.2, -0.15) is 0 Å². The second kappa shape index (κ2) is 11.0. The van der Waals surface area contributed by atoms with Crippen LogP contribution in [-0.4, -0.2) is 51.9 Å². The van der Waals surface area contributed by atoms with Crippen molar-refractivity contribution in [1.82, 2.24) is 14.5 Å². The molecule has 3 aliphatic rings. The zero-order chi connectivity index (χ0) is 29.8. The van der Waals surface area contributed by atoms with Crippen LogP contribution in [0.3, 0.4) is 0 Å². The maximum absolute atomic E-state index is 14.8. The molecule has 7 rings (SSSR count). The number of fused-ring (bicyclic) bond motifs is 4. The van der Waals surface area contributed by atoms with E-state index in [9.17, 15) is 14.3 Å². The molecular formula is C33H31ClFN3O5. The predicted molar refractivity (Wildman–Crippen MR) is 160 cm³/mol. The molecule has 1 fully saturated rings. The first-order chi connectivity index (χ1) is 20.8. The molecule has 1 N–H and O–H groups in total. The predicted octanol–water partition coefficient (Wildman–Crippen LogP) is 6.59. The van der Waals surface area contributed by atoms with E-state index in [0.717, 1.165) is 48.7 Å². The van der Waals surface area contributed by atoms with Crippen LogP contribution >= 0.6 is 11.6 Å². The highest BCUT2D eigenvalue weighted by Gasteiger charge is 2.33. The lowest BCUT2D eigenvalue weighted by Crippen LogP contribution is -2.36. The molecule has 0 saturated carbocycles. The molecule has 43 heavy (non-hydrogen) atoms. The van der Waals surface area contributed by atoms with Crippen molar-refractivity contribution >= 4 is 34.7 Å². The second-order valence-corrected chi connectivity index (χ2v) is 11.7. The number of carboxylic acid groups (broad SMARTS) is 1. The van der Waals surface area contributed by atoms with E-state index in [0.29, 0.717) is 40.5 Å². The molecule has 8 nitrogen and oxygen atoms in total. The minimum Gasteiger partial charge on any atom is -0.494 e. The highest BCUT2D eigenvalue weighted by atomic mass is 35.5. The van der Waals surface area contributed by atoms with Crippen molar-refractivity contribution < 1.29 is 28.5 Å². The van der Waals surface area contributed by atoms with Gasteiger partial charge in [0.05, 0.1) is 37.4 Å². The summed E-state index contributed by atoms with van der Waals surface area (Å²) in [6.45, 7) is 4.79. The molecule has 0 radical (unpaired) electrons. The number of hydrogen-bond acceptors (Lipinski definition) is 6. The molecule has 0 amide bonds. The van der Waals surface area contributed by atoms with Gasteiger partial charge in [-0.1, -0.05) is 35.9 Å². The molecule has 1 aromatic heterocycles. The topological polar surface area (TPSA) is 86.0 Å². The third kappa shape index (κ3) is 4.95. The van der Waals surface area contributed by atoms with E-state index in [2.05, 4.69) is 28.5 Å². The van der Waals surface area contributed by atoms with E-state index in [1.165, 1.54) is 24.8 Å². The number of carboxylic acids is 1. The summed E-state index contributed by atoms with van der Waals surface area (Å²) >= 11 is 6.00. The Bertz CT molecular complexity index is 1780. The van der Waals surface area contributed by atoms with Gasteiger partial charge in [0.25, 0.3) is 0 Å². The third-order valence-electron chi connectivity index (χ3n) is 8.80. The first kappa shape index (κ1) is 27.9. The van der Waals surface area contributed by atoms with Crippen molar-refractivity contribution in [2.24, 2.45) is 0 Å². The number of aromatic nitrogens is 2. The van der Waals surface area contributed by atoms with Crippen LogP contribution < -0.4 is 9.47 Å². The van der Waals surface area contributed by atoms with Crippen LogP contribution in [-0.2, 0) is 24.2 Å². The van der Waals surface area contributed by atoms with Crippen LogP contribution in [0.2, 0.25) is 5.02 Å². The molecule has 0 spiro atoms. The van der Waals surface area contributed by atoms with Gasteiger partial charge in [-0.25, -0.2) is 14.2 Å². The van der Waals surface area contributed by atoms with Gasteiger partial charge >= 0.3 is 5.97 Å². The molecule has 0 aliphatic carbocycles. The number of ether oxygens (including phenoxy) is 3. The number of aromatic carboxylic acids is 1. The third-order valence-corrected chi connectivity index (χ3v) is 9.04. The monoisotopic (exact) mass is 603 g/mol. The minimum atomic E-state index is -1.02. The summed E-state index contributed by atoms with van der Waals surface area (Å²) in [5.41, 5.74) is 5.18. The molecule has 4 aromatic rings. The van der Waals surface area contributed by atoms with Crippen molar-refractivity contribution in [2.45, 2.75) is 51.1 Å². The lowest BCUT2D eigenvalue weighted by molar-refractivity contribution is -0.0592. The van der Waals surface area contributed by atoms with E-state index >= 15 is 0 Å². The zero-order valence-electron chi connectivity index (χ0n) is 23.8. The Morgan fingerprint density at radius 1 is 1.23 bits per heavy atom. The first-order valence-corrected chi connectivity index (χ1v) is 14.8. The Kier molecular flexibility index (Phi) is 7.12. The van der Waals surface area contributed by atoms with Gasteiger partial charge in [0, 0.05) is 40.9 Å². The molecule has 3 aromatic carbocycles. The van der Waals surface area contributed by atoms with E-state index in [4.69, 9.17) is 30.8 Å². The van der Waals surface area contributed by atoms with Crippen molar-refractivity contribution in [2.75, 3.05) is 20.3 Å². The summed E-state index contributed by atoms with van der Waals surface area (Å²) in [4.78, 5) is 19.2. The second-order valence-electron chi connectivity index (χ2n) is 11.3. The van der Waals surface area contributed by atoms with E-state index in [1.54, 1.807) is 18.2 Å². The summed E-state index contributed by atoms with van der Waals surface area (Å²) in [5.74, 6) is 0.581. The van der Waals surface area contributed by atoms with Gasteiger partial charge in [-0.15, -0.1) is 0 Å². The van der Waals surface area contributed by atoms with Crippen LogP contribution in [0.4, 0.5) is 4.39 Å².